The number of hydrogen-bond acceptors (Lipinski definition) is 10. The van der Waals surface area contributed by atoms with Crippen molar-refractivity contribution in [3.8, 4) is 28.5 Å². The van der Waals surface area contributed by atoms with E-state index in [-0.39, 0.29) is 18.2 Å². The van der Waals surface area contributed by atoms with Gasteiger partial charge in [0.2, 0.25) is 5.91 Å². The van der Waals surface area contributed by atoms with Crippen molar-refractivity contribution in [2.24, 2.45) is 0 Å². The number of rotatable bonds is 13. The van der Waals surface area contributed by atoms with E-state index < -0.39 is 11.9 Å². The van der Waals surface area contributed by atoms with Crippen LogP contribution in [0, 0.1) is 13.8 Å². The molecule has 0 saturated carbocycles. The molecule has 242 valence electrons. The molecule has 0 saturated heterocycles. The van der Waals surface area contributed by atoms with Gasteiger partial charge in [0, 0.05) is 28.0 Å². The van der Waals surface area contributed by atoms with Gasteiger partial charge in [-0.15, -0.1) is 11.3 Å². The molecule has 0 fully saturated rings. The largest absolute Gasteiger partial charge is 0.497 e. The summed E-state index contributed by atoms with van der Waals surface area (Å²) in [6.07, 6.45) is 0. The van der Waals surface area contributed by atoms with Crippen molar-refractivity contribution in [1.82, 2.24) is 19.9 Å². The second-order valence-electron chi connectivity index (χ2n) is 10.5. The van der Waals surface area contributed by atoms with Crippen LogP contribution in [0.1, 0.15) is 28.0 Å². The van der Waals surface area contributed by atoms with Crippen molar-refractivity contribution < 1.29 is 23.8 Å². The highest BCUT2D eigenvalue weighted by molar-refractivity contribution is 7.99. The highest BCUT2D eigenvalue weighted by Crippen LogP contribution is 2.35. The lowest BCUT2D eigenvalue weighted by atomic mass is 10.0. The van der Waals surface area contributed by atoms with Crippen LogP contribution in [-0.2, 0) is 16.1 Å². The van der Waals surface area contributed by atoms with E-state index in [1.54, 1.807) is 61.6 Å². The quantitative estimate of drug-likeness (QED) is 0.107. The standard InChI is InChI=1S/C35H35N5O5S2/c1-22-17-23(2)37-35(36-22)47-21-32(41)40(19-31-39-28(20-46-31)24-9-7-6-8-10-24)33(25-11-16-29(44-4)30(18-25)45-5)34(42)38-26-12-14-27(43-3)15-13-26/h6-18,20,33H,19,21H2,1-5H3,(H,38,42). The molecule has 0 aliphatic rings. The highest BCUT2D eigenvalue weighted by atomic mass is 32.2. The second kappa shape index (κ2) is 15.6. The molecule has 10 nitrogen and oxygen atoms in total. The third-order valence-corrected chi connectivity index (χ3v) is 8.84. The zero-order chi connectivity index (χ0) is 33.3. The van der Waals surface area contributed by atoms with E-state index in [9.17, 15) is 9.59 Å². The van der Waals surface area contributed by atoms with Crippen LogP contribution >= 0.6 is 23.1 Å². The fourth-order valence-electron chi connectivity index (χ4n) is 4.94. The summed E-state index contributed by atoms with van der Waals surface area (Å²) in [5, 5.41) is 6.10. The van der Waals surface area contributed by atoms with Crippen LogP contribution in [0.3, 0.4) is 0 Å². The summed E-state index contributed by atoms with van der Waals surface area (Å²) < 4.78 is 16.3. The first kappa shape index (κ1) is 33.4. The maximum Gasteiger partial charge on any atom is 0.251 e. The molecule has 2 aromatic heterocycles. The molecule has 5 rings (SSSR count). The Morgan fingerprint density at radius 1 is 0.851 bits per heavy atom. The van der Waals surface area contributed by atoms with E-state index in [4.69, 9.17) is 19.2 Å². The average Bonchev–Trinajstić information content (AvgIpc) is 3.56. The number of thioether (sulfide) groups is 1. The number of carbonyl (C=O) groups excluding carboxylic acids is 2. The van der Waals surface area contributed by atoms with E-state index in [1.807, 2.05) is 55.6 Å². The molecule has 0 aliphatic carbocycles. The SMILES string of the molecule is COc1ccc(NC(=O)C(c2ccc(OC)c(OC)c2)N(Cc2nc(-c3ccccc3)cs2)C(=O)CSc2nc(C)cc(C)n2)cc1. The number of carbonyl (C=O) groups is 2. The van der Waals surface area contributed by atoms with Crippen LogP contribution in [0.2, 0.25) is 0 Å². The normalized spacial score (nSPS) is 11.4. The van der Waals surface area contributed by atoms with Gasteiger partial charge in [0.05, 0.1) is 39.3 Å². The van der Waals surface area contributed by atoms with Crippen molar-refractivity contribution in [3.05, 3.63) is 106 Å². The fraction of sp³-hybridized carbons (Fsp3) is 0.229. The summed E-state index contributed by atoms with van der Waals surface area (Å²) in [5.74, 6) is 0.873. The number of nitrogens with one attached hydrogen (secondary N) is 1. The Morgan fingerprint density at radius 3 is 2.21 bits per heavy atom. The minimum atomic E-state index is -1.06. The Labute approximate surface area is 282 Å². The Morgan fingerprint density at radius 2 is 1.55 bits per heavy atom. The van der Waals surface area contributed by atoms with Crippen LogP contribution in [0.4, 0.5) is 5.69 Å². The number of thiazole rings is 1. The van der Waals surface area contributed by atoms with Crippen molar-refractivity contribution >= 4 is 40.6 Å². The number of ether oxygens (including phenoxy) is 3. The predicted molar refractivity (Wildman–Crippen MR) is 184 cm³/mol. The fourth-order valence-corrected chi connectivity index (χ4v) is 6.58. The van der Waals surface area contributed by atoms with Crippen molar-refractivity contribution in [2.45, 2.75) is 31.6 Å². The van der Waals surface area contributed by atoms with E-state index in [2.05, 4.69) is 15.3 Å². The topological polar surface area (TPSA) is 116 Å². The minimum Gasteiger partial charge on any atom is -0.497 e. The Balaban J connectivity index is 1.55. The molecule has 0 spiro atoms. The first-order valence-electron chi connectivity index (χ1n) is 14.7. The summed E-state index contributed by atoms with van der Waals surface area (Å²) in [6, 6.07) is 22.8. The summed E-state index contributed by atoms with van der Waals surface area (Å²) in [7, 11) is 4.64. The maximum atomic E-state index is 14.3. The molecule has 2 heterocycles. The zero-order valence-corrected chi connectivity index (χ0v) is 28.4. The number of aromatic nitrogens is 3. The first-order chi connectivity index (χ1) is 22.8. The third kappa shape index (κ3) is 8.46. The molecule has 3 aromatic carbocycles. The molecule has 1 unspecified atom stereocenters. The van der Waals surface area contributed by atoms with Crippen molar-refractivity contribution in [2.75, 3.05) is 32.4 Å². The molecule has 2 amide bonds. The third-order valence-electron chi connectivity index (χ3n) is 7.17. The van der Waals surface area contributed by atoms with Crippen LogP contribution in [0.25, 0.3) is 11.3 Å². The van der Waals surface area contributed by atoms with Gasteiger partial charge in [-0.2, -0.15) is 0 Å². The summed E-state index contributed by atoms with van der Waals surface area (Å²) >= 11 is 2.65. The van der Waals surface area contributed by atoms with Crippen LogP contribution in [-0.4, -0.2) is 58.7 Å². The molecule has 12 heteroatoms. The van der Waals surface area contributed by atoms with Gasteiger partial charge in [-0.3, -0.25) is 9.59 Å². The van der Waals surface area contributed by atoms with E-state index >= 15 is 0 Å². The van der Waals surface area contributed by atoms with Crippen molar-refractivity contribution in [3.63, 3.8) is 0 Å². The molecular weight excluding hydrogens is 635 g/mol. The minimum absolute atomic E-state index is 0.000579. The number of hydrogen-bond donors (Lipinski definition) is 1. The van der Waals surface area contributed by atoms with E-state index in [0.29, 0.717) is 38.7 Å². The summed E-state index contributed by atoms with van der Waals surface area (Å²) in [4.78, 5) is 43.9. The zero-order valence-electron chi connectivity index (χ0n) is 26.7. The number of anilines is 1. The molecule has 0 aliphatic heterocycles. The highest BCUT2D eigenvalue weighted by Gasteiger charge is 2.33. The molecule has 0 bridgehead atoms. The molecule has 1 N–H and O–H groups in total. The number of amides is 2. The summed E-state index contributed by atoms with van der Waals surface area (Å²) in [6.45, 7) is 3.85. The molecule has 5 aromatic rings. The number of benzene rings is 3. The average molecular weight is 670 g/mol. The second-order valence-corrected chi connectivity index (χ2v) is 12.4. The molecule has 1 atom stereocenters. The predicted octanol–water partition coefficient (Wildman–Crippen LogP) is 6.74. The molecular formula is C35H35N5O5S2. The van der Waals surface area contributed by atoms with Crippen LogP contribution in [0.5, 0.6) is 17.2 Å². The van der Waals surface area contributed by atoms with Crippen LogP contribution in [0.15, 0.2) is 89.4 Å². The van der Waals surface area contributed by atoms with Gasteiger partial charge in [-0.1, -0.05) is 48.2 Å². The Bertz CT molecular complexity index is 1810. The van der Waals surface area contributed by atoms with Gasteiger partial charge in [0.1, 0.15) is 16.8 Å². The van der Waals surface area contributed by atoms with E-state index in [0.717, 1.165) is 22.6 Å². The lowest BCUT2D eigenvalue weighted by Crippen LogP contribution is -2.41. The van der Waals surface area contributed by atoms with Gasteiger partial charge in [0.25, 0.3) is 5.91 Å². The van der Waals surface area contributed by atoms with Gasteiger partial charge in [-0.25, -0.2) is 15.0 Å². The van der Waals surface area contributed by atoms with Gasteiger partial charge < -0.3 is 24.4 Å². The first-order valence-corrected chi connectivity index (χ1v) is 16.6. The number of methoxy groups -OCH3 is 3. The Hall–Kier alpha value is -4.94. The Kier molecular flexibility index (Phi) is 11.1. The lowest BCUT2D eigenvalue weighted by molar-refractivity contribution is -0.137. The van der Waals surface area contributed by atoms with Gasteiger partial charge in [-0.05, 0) is 61.9 Å². The van der Waals surface area contributed by atoms with Crippen LogP contribution < -0.4 is 19.5 Å². The monoisotopic (exact) mass is 669 g/mol. The smallest absolute Gasteiger partial charge is 0.251 e. The maximum absolute atomic E-state index is 14.3. The number of aryl methyl sites for hydroxylation is 2. The lowest BCUT2D eigenvalue weighted by Gasteiger charge is -2.31. The number of nitrogens with zero attached hydrogens (tertiary/aromatic N) is 4. The molecule has 0 radical (unpaired) electrons. The molecule has 47 heavy (non-hydrogen) atoms. The van der Waals surface area contributed by atoms with Gasteiger partial charge in [0.15, 0.2) is 16.7 Å². The summed E-state index contributed by atoms with van der Waals surface area (Å²) in [5.41, 5.74) is 4.46. The van der Waals surface area contributed by atoms with Gasteiger partial charge >= 0.3 is 0 Å². The van der Waals surface area contributed by atoms with Crippen molar-refractivity contribution in [1.29, 1.82) is 0 Å². The van der Waals surface area contributed by atoms with E-state index in [1.165, 1.54) is 30.2 Å².